The number of carbonyl (C=O) groups is 2. The van der Waals surface area contributed by atoms with Crippen LogP contribution in [0.25, 0.3) is 0 Å². The van der Waals surface area contributed by atoms with Gasteiger partial charge in [-0.2, -0.15) is 0 Å². The van der Waals surface area contributed by atoms with E-state index >= 15 is 0 Å². The zero-order valence-corrected chi connectivity index (χ0v) is 9.57. The number of nitrogens with one attached hydrogen (secondary N) is 1. The van der Waals surface area contributed by atoms with Gasteiger partial charge in [-0.1, -0.05) is 0 Å². The van der Waals surface area contributed by atoms with Gasteiger partial charge in [0.05, 0.1) is 11.3 Å². The monoisotopic (exact) mass is 221 g/mol. The van der Waals surface area contributed by atoms with Crippen LogP contribution in [-0.4, -0.2) is 30.8 Å². The smallest absolute Gasteiger partial charge is 0.255 e. The molecule has 5 nitrogen and oxygen atoms in total. The summed E-state index contributed by atoms with van der Waals surface area (Å²) < 4.78 is 0. The van der Waals surface area contributed by atoms with Crippen molar-refractivity contribution in [3.63, 3.8) is 0 Å². The fraction of sp³-hybridized carbons (Fsp3) is 0.273. The van der Waals surface area contributed by atoms with Crippen LogP contribution in [0.2, 0.25) is 0 Å². The van der Waals surface area contributed by atoms with E-state index in [1.807, 2.05) is 0 Å². The summed E-state index contributed by atoms with van der Waals surface area (Å²) in [5.41, 5.74) is 6.96. The van der Waals surface area contributed by atoms with E-state index in [-0.39, 0.29) is 11.8 Å². The van der Waals surface area contributed by atoms with E-state index in [1.54, 1.807) is 32.3 Å². The highest BCUT2D eigenvalue weighted by Gasteiger charge is 2.14. The standard InChI is InChI=1S/C11H15N3O2/c1-7(15)13-10-5-4-8(12)6-9(10)11(16)14(2)3/h4-6H,12H2,1-3H3,(H,13,15). The number of nitrogen functional groups attached to an aromatic ring is 1. The maximum atomic E-state index is 11.8. The molecule has 0 aromatic heterocycles. The summed E-state index contributed by atoms with van der Waals surface area (Å²) in [5, 5.41) is 2.59. The first-order chi connectivity index (χ1) is 7.41. The van der Waals surface area contributed by atoms with E-state index in [9.17, 15) is 9.59 Å². The lowest BCUT2D eigenvalue weighted by Crippen LogP contribution is -2.23. The lowest BCUT2D eigenvalue weighted by molar-refractivity contribution is -0.114. The molecule has 0 saturated carbocycles. The van der Waals surface area contributed by atoms with Gasteiger partial charge in [-0.05, 0) is 18.2 Å². The Morgan fingerprint density at radius 3 is 2.44 bits per heavy atom. The predicted octanol–water partition coefficient (Wildman–Crippen LogP) is 0.929. The average Bonchev–Trinajstić information content (AvgIpc) is 2.18. The minimum atomic E-state index is -0.224. The van der Waals surface area contributed by atoms with Crippen molar-refractivity contribution in [1.82, 2.24) is 4.90 Å². The molecule has 0 aliphatic heterocycles. The number of anilines is 2. The number of nitrogens with zero attached hydrogens (tertiary/aromatic N) is 1. The Morgan fingerprint density at radius 2 is 1.94 bits per heavy atom. The Kier molecular flexibility index (Phi) is 3.50. The van der Waals surface area contributed by atoms with Crippen LogP contribution in [0.5, 0.6) is 0 Å². The normalized spacial score (nSPS) is 9.69. The molecule has 5 heteroatoms. The highest BCUT2D eigenvalue weighted by Crippen LogP contribution is 2.20. The highest BCUT2D eigenvalue weighted by molar-refractivity contribution is 6.03. The Bertz CT molecular complexity index is 427. The minimum Gasteiger partial charge on any atom is -0.399 e. The van der Waals surface area contributed by atoms with Crippen molar-refractivity contribution in [1.29, 1.82) is 0 Å². The molecule has 0 bridgehead atoms. The first-order valence-corrected chi connectivity index (χ1v) is 4.80. The third kappa shape index (κ3) is 2.73. The van der Waals surface area contributed by atoms with Crippen LogP contribution in [0.3, 0.4) is 0 Å². The molecule has 16 heavy (non-hydrogen) atoms. The van der Waals surface area contributed by atoms with Gasteiger partial charge < -0.3 is 16.0 Å². The lowest BCUT2D eigenvalue weighted by Gasteiger charge is -2.14. The van der Waals surface area contributed by atoms with Crippen molar-refractivity contribution in [2.24, 2.45) is 0 Å². The summed E-state index contributed by atoms with van der Waals surface area (Å²) in [4.78, 5) is 24.2. The fourth-order valence-corrected chi connectivity index (χ4v) is 1.28. The van der Waals surface area contributed by atoms with Crippen molar-refractivity contribution in [3.05, 3.63) is 23.8 Å². The van der Waals surface area contributed by atoms with Crippen LogP contribution in [0.1, 0.15) is 17.3 Å². The van der Waals surface area contributed by atoms with Gasteiger partial charge in [0, 0.05) is 26.7 Å². The molecular formula is C11H15N3O2. The van der Waals surface area contributed by atoms with Gasteiger partial charge in [0.1, 0.15) is 0 Å². The Balaban J connectivity index is 3.17. The molecule has 0 saturated heterocycles. The number of rotatable bonds is 2. The maximum absolute atomic E-state index is 11.8. The van der Waals surface area contributed by atoms with Crippen LogP contribution >= 0.6 is 0 Å². The van der Waals surface area contributed by atoms with Gasteiger partial charge in [0.15, 0.2) is 0 Å². The minimum absolute atomic E-state index is 0.198. The van der Waals surface area contributed by atoms with Gasteiger partial charge in [-0.25, -0.2) is 0 Å². The lowest BCUT2D eigenvalue weighted by atomic mass is 10.1. The molecule has 1 aromatic rings. The van der Waals surface area contributed by atoms with Crippen LogP contribution in [0, 0.1) is 0 Å². The molecule has 2 amide bonds. The summed E-state index contributed by atoms with van der Waals surface area (Å²) in [5.74, 6) is -0.423. The molecule has 0 aliphatic rings. The molecule has 1 aromatic carbocycles. The van der Waals surface area contributed by atoms with E-state index in [2.05, 4.69) is 5.32 Å². The second kappa shape index (κ2) is 4.65. The molecule has 0 fully saturated rings. The summed E-state index contributed by atoms with van der Waals surface area (Å²) in [6.07, 6.45) is 0. The zero-order chi connectivity index (χ0) is 12.3. The predicted molar refractivity (Wildman–Crippen MR) is 63.2 cm³/mol. The van der Waals surface area contributed by atoms with Crippen LogP contribution in [-0.2, 0) is 4.79 Å². The topological polar surface area (TPSA) is 75.4 Å². The van der Waals surface area contributed by atoms with E-state index < -0.39 is 0 Å². The SMILES string of the molecule is CC(=O)Nc1ccc(N)cc1C(=O)N(C)C. The first kappa shape index (κ1) is 12.0. The Hall–Kier alpha value is -2.04. The largest absolute Gasteiger partial charge is 0.399 e. The summed E-state index contributed by atoms with van der Waals surface area (Å²) >= 11 is 0. The van der Waals surface area contributed by atoms with Crippen LogP contribution in [0.15, 0.2) is 18.2 Å². The number of carbonyl (C=O) groups excluding carboxylic acids is 2. The highest BCUT2D eigenvalue weighted by atomic mass is 16.2. The number of nitrogens with two attached hydrogens (primary N) is 1. The summed E-state index contributed by atoms with van der Waals surface area (Å²) in [6, 6.07) is 4.80. The molecule has 0 radical (unpaired) electrons. The van der Waals surface area contributed by atoms with Crippen molar-refractivity contribution in [2.75, 3.05) is 25.1 Å². The molecule has 0 heterocycles. The zero-order valence-electron chi connectivity index (χ0n) is 9.57. The number of hydrogen-bond acceptors (Lipinski definition) is 3. The molecule has 0 aliphatic carbocycles. The number of hydrogen-bond donors (Lipinski definition) is 2. The number of amides is 2. The Morgan fingerprint density at radius 1 is 1.31 bits per heavy atom. The molecule has 1 rings (SSSR count). The first-order valence-electron chi connectivity index (χ1n) is 4.80. The van der Waals surface area contributed by atoms with Crippen LogP contribution < -0.4 is 11.1 Å². The second-order valence-corrected chi connectivity index (χ2v) is 3.69. The molecule has 0 spiro atoms. The second-order valence-electron chi connectivity index (χ2n) is 3.69. The van der Waals surface area contributed by atoms with Gasteiger partial charge in [-0.15, -0.1) is 0 Å². The third-order valence-corrected chi connectivity index (χ3v) is 1.99. The van der Waals surface area contributed by atoms with Crippen molar-refractivity contribution in [3.8, 4) is 0 Å². The average molecular weight is 221 g/mol. The molecule has 3 N–H and O–H groups in total. The van der Waals surface area contributed by atoms with E-state index in [1.165, 1.54) is 11.8 Å². The van der Waals surface area contributed by atoms with E-state index in [0.717, 1.165) is 0 Å². The fourth-order valence-electron chi connectivity index (χ4n) is 1.28. The van der Waals surface area contributed by atoms with Gasteiger partial charge >= 0.3 is 0 Å². The van der Waals surface area contributed by atoms with E-state index in [4.69, 9.17) is 5.73 Å². The van der Waals surface area contributed by atoms with Gasteiger partial charge in [-0.3, -0.25) is 9.59 Å². The Labute approximate surface area is 94.2 Å². The summed E-state index contributed by atoms with van der Waals surface area (Å²) in [6.45, 7) is 1.39. The van der Waals surface area contributed by atoms with Crippen molar-refractivity contribution < 1.29 is 9.59 Å². The van der Waals surface area contributed by atoms with Crippen LogP contribution in [0.4, 0.5) is 11.4 Å². The van der Waals surface area contributed by atoms with Gasteiger partial charge in [0.25, 0.3) is 5.91 Å². The quantitative estimate of drug-likeness (QED) is 0.729. The van der Waals surface area contributed by atoms with Gasteiger partial charge in [0.2, 0.25) is 5.91 Å². The van der Waals surface area contributed by atoms with Crippen molar-refractivity contribution in [2.45, 2.75) is 6.92 Å². The number of benzene rings is 1. The molecule has 0 unspecified atom stereocenters. The third-order valence-electron chi connectivity index (χ3n) is 1.99. The summed E-state index contributed by atoms with van der Waals surface area (Å²) in [7, 11) is 3.28. The molecular weight excluding hydrogens is 206 g/mol. The van der Waals surface area contributed by atoms with E-state index in [0.29, 0.717) is 16.9 Å². The molecule has 0 atom stereocenters. The molecule has 86 valence electrons. The maximum Gasteiger partial charge on any atom is 0.255 e. The van der Waals surface area contributed by atoms with Crippen molar-refractivity contribution >= 4 is 23.2 Å².